The van der Waals surface area contributed by atoms with Crippen LogP contribution in [0.15, 0.2) is 0 Å². The van der Waals surface area contributed by atoms with E-state index in [9.17, 15) is 9.59 Å². The highest BCUT2D eigenvalue weighted by molar-refractivity contribution is 5.77. The Kier molecular flexibility index (Phi) is 3.51. The normalized spacial score (nSPS) is 28.4. The minimum Gasteiger partial charge on any atom is -0.481 e. The number of hydrogen-bond acceptors (Lipinski definition) is 3. The van der Waals surface area contributed by atoms with Gasteiger partial charge in [-0.25, -0.2) is 4.79 Å². The lowest BCUT2D eigenvalue weighted by Gasteiger charge is -2.28. The van der Waals surface area contributed by atoms with Crippen LogP contribution < -0.4 is 0 Å². The van der Waals surface area contributed by atoms with Crippen LogP contribution in [-0.4, -0.2) is 66.3 Å². The molecule has 2 fully saturated rings. The summed E-state index contributed by atoms with van der Waals surface area (Å²) in [7, 11) is 1.76. The molecule has 0 aromatic heterocycles. The molecule has 2 unspecified atom stereocenters. The summed E-state index contributed by atoms with van der Waals surface area (Å²) in [6.45, 7) is 2.14. The Morgan fingerprint density at radius 1 is 1.41 bits per heavy atom. The molecule has 0 radical (unpaired) electrons. The first-order valence-corrected chi connectivity index (χ1v) is 5.92. The lowest BCUT2D eigenvalue weighted by atomic mass is 10.1. The molecular formula is C11H18N2O4. The molecule has 17 heavy (non-hydrogen) atoms. The molecule has 2 atom stereocenters. The minimum atomic E-state index is -0.813. The molecule has 6 nitrogen and oxygen atoms in total. The van der Waals surface area contributed by atoms with E-state index in [0.717, 1.165) is 6.42 Å². The zero-order chi connectivity index (χ0) is 12.4. The Morgan fingerprint density at radius 2 is 2.18 bits per heavy atom. The van der Waals surface area contributed by atoms with Crippen LogP contribution in [0.5, 0.6) is 0 Å². The molecule has 0 bridgehead atoms. The predicted molar refractivity (Wildman–Crippen MR) is 59.7 cm³/mol. The molecule has 2 heterocycles. The molecule has 2 saturated heterocycles. The number of hydrogen-bond donors (Lipinski definition) is 1. The smallest absolute Gasteiger partial charge is 0.320 e. The molecule has 0 saturated carbocycles. The van der Waals surface area contributed by atoms with Crippen LogP contribution in [-0.2, 0) is 9.53 Å². The van der Waals surface area contributed by atoms with Crippen molar-refractivity contribution in [3.05, 3.63) is 0 Å². The topological polar surface area (TPSA) is 70.1 Å². The first-order chi connectivity index (χ1) is 8.09. The van der Waals surface area contributed by atoms with Crippen LogP contribution in [0.4, 0.5) is 4.79 Å². The lowest BCUT2D eigenvalue weighted by Crippen LogP contribution is -2.45. The average molecular weight is 242 g/mol. The van der Waals surface area contributed by atoms with Gasteiger partial charge in [-0.1, -0.05) is 0 Å². The maximum absolute atomic E-state index is 12.1. The van der Waals surface area contributed by atoms with Crippen LogP contribution in [0.1, 0.15) is 12.8 Å². The predicted octanol–water partition coefficient (Wildman–Crippen LogP) is 0.234. The van der Waals surface area contributed by atoms with Crippen LogP contribution in [0.2, 0.25) is 0 Å². The van der Waals surface area contributed by atoms with E-state index in [1.54, 1.807) is 16.8 Å². The largest absolute Gasteiger partial charge is 0.481 e. The number of aliphatic carboxylic acids is 1. The summed E-state index contributed by atoms with van der Waals surface area (Å²) in [6, 6.07) is 0.0515. The molecule has 6 heteroatoms. The number of carboxylic acid groups (broad SMARTS) is 1. The number of carbonyl (C=O) groups is 2. The summed E-state index contributed by atoms with van der Waals surface area (Å²) in [5.74, 6) is -1.22. The summed E-state index contributed by atoms with van der Waals surface area (Å²) in [4.78, 5) is 26.2. The van der Waals surface area contributed by atoms with Gasteiger partial charge >= 0.3 is 12.0 Å². The molecule has 0 spiro atoms. The number of rotatable bonds is 2. The van der Waals surface area contributed by atoms with E-state index in [0.29, 0.717) is 32.7 Å². The van der Waals surface area contributed by atoms with Crippen molar-refractivity contribution in [3.8, 4) is 0 Å². The summed E-state index contributed by atoms with van der Waals surface area (Å²) in [5, 5.41) is 8.89. The third-order valence-electron chi connectivity index (χ3n) is 3.56. The van der Waals surface area contributed by atoms with Gasteiger partial charge in [0.1, 0.15) is 0 Å². The van der Waals surface area contributed by atoms with Crippen molar-refractivity contribution in [2.75, 3.05) is 33.4 Å². The second-order valence-electron chi connectivity index (χ2n) is 4.68. The third kappa shape index (κ3) is 2.52. The highest BCUT2D eigenvalue weighted by Crippen LogP contribution is 2.20. The van der Waals surface area contributed by atoms with Gasteiger partial charge in [0.05, 0.1) is 18.6 Å². The molecule has 2 rings (SSSR count). The number of nitrogens with zero attached hydrogens (tertiary/aromatic N) is 2. The van der Waals surface area contributed by atoms with Gasteiger partial charge in [-0.2, -0.15) is 0 Å². The number of ether oxygens (including phenoxy) is 1. The maximum atomic E-state index is 12.1. The van der Waals surface area contributed by atoms with E-state index >= 15 is 0 Å². The maximum Gasteiger partial charge on any atom is 0.320 e. The molecule has 1 N–H and O–H groups in total. The van der Waals surface area contributed by atoms with E-state index in [-0.39, 0.29) is 12.1 Å². The van der Waals surface area contributed by atoms with Gasteiger partial charge in [0.15, 0.2) is 0 Å². The standard InChI is InChI=1S/C11H18N2O4/c1-12(9-3-5-17-7-9)11(16)13-4-2-8(6-13)10(14)15/h8-9H,2-7H2,1H3,(H,14,15). The number of likely N-dealkylation sites (tertiary alicyclic amines) is 1. The Bertz CT molecular complexity index is 315. The van der Waals surface area contributed by atoms with Gasteiger partial charge in [0.25, 0.3) is 0 Å². The van der Waals surface area contributed by atoms with Crippen LogP contribution in [0, 0.1) is 5.92 Å². The van der Waals surface area contributed by atoms with Crippen molar-refractivity contribution in [2.45, 2.75) is 18.9 Å². The van der Waals surface area contributed by atoms with Gasteiger partial charge in [0.2, 0.25) is 0 Å². The average Bonchev–Trinajstić information content (AvgIpc) is 2.97. The second kappa shape index (κ2) is 4.91. The fourth-order valence-corrected chi connectivity index (χ4v) is 2.34. The SMILES string of the molecule is CN(C(=O)N1CCC(C(=O)O)C1)C1CCOC1. The van der Waals surface area contributed by atoms with E-state index in [4.69, 9.17) is 9.84 Å². The number of amides is 2. The molecule has 2 amide bonds. The zero-order valence-corrected chi connectivity index (χ0v) is 9.96. The number of carboxylic acids is 1. The third-order valence-corrected chi connectivity index (χ3v) is 3.56. The molecule has 2 aliphatic rings. The molecule has 96 valence electrons. The van der Waals surface area contributed by atoms with Crippen molar-refractivity contribution in [3.63, 3.8) is 0 Å². The van der Waals surface area contributed by atoms with E-state index in [1.807, 2.05) is 0 Å². The quantitative estimate of drug-likeness (QED) is 0.752. The molecule has 2 aliphatic heterocycles. The zero-order valence-electron chi connectivity index (χ0n) is 9.96. The van der Waals surface area contributed by atoms with Gasteiger partial charge < -0.3 is 19.6 Å². The molecule has 0 aliphatic carbocycles. The van der Waals surface area contributed by atoms with Gasteiger partial charge in [-0.05, 0) is 12.8 Å². The lowest BCUT2D eigenvalue weighted by molar-refractivity contribution is -0.141. The van der Waals surface area contributed by atoms with E-state index in [1.165, 1.54) is 0 Å². The Hall–Kier alpha value is -1.30. The van der Waals surface area contributed by atoms with Crippen molar-refractivity contribution in [1.29, 1.82) is 0 Å². The Morgan fingerprint density at radius 3 is 2.71 bits per heavy atom. The molecule has 0 aromatic carbocycles. The minimum absolute atomic E-state index is 0.0794. The highest BCUT2D eigenvalue weighted by atomic mass is 16.5. The van der Waals surface area contributed by atoms with Crippen LogP contribution >= 0.6 is 0 Å². The van der Waals surface area contributed by atoms with Crippen molar-refractivity contribution in [2.24, 2.45) is 5.92 Å². The summed E-state index contributed by atoms with van der Waals surface area (Å²) in [5.41, 5.74) is 0. The summed E-state index contributed by atoms with van der Waals surface area (Å²) in [6.07, 6.45) is 1.41. The van der Waals surface area contributed by atoms with Crippen molar-refractivity contribution < 1.29 is 19.4 Å². The fourth-order valence-electron chi connectivity index (χ4n) is 2.34. The highest BCUT2D eigenvalue weighted by Gasteiger charge is 2.34. The monoisotopic (exact) mass is 242 g/mol. The number of likely N-dealkylation sites (N-methyl/N-ethyl adjacent to an activating group) is 1. The molecular weight excluding hydrogens is 224 g/mol. The fraction of sp³-hybridized carbons (Fsp3) is 0.818. The van der Waals surface area contributed by atoms with E-state index < -0.39 is 11.9 Å². The number of carbonyl (C=O) groups excluding carboxylic acids is 1. The van der Waals surface area contributed by atoms with Crippen LogP contribution in [0.3, 0.4) is 0 Å². The second-order valence-corrected chi connectivity index (χ2v) is 4.68. The van der Waals surface area contributed by atoms with Crippen molar-refractivity contribution in [1.82, 2.24) is 9.80 Å². The molecule has 0 aromatic rings. The van der Waals surface area contributed by atoms with Crippen LogP contribution in [0.25, 0.3) is 0 Å². The van der Waals surface area contributed by atoms with Gasteiger partial charge in [0, 0.05) is 26.7 Å². The summed E-state index contributed by atoms with van der Waals surface area (Å²) >= 11 is 0. The van der Waals surface area contributed by atoms with Gasteiger partial charge in [-0.3, -0.25) is 4.79 Å². The summed E-state index contributed by atoms with van der Waals surface area (Å²) < 4.78 is 5.24. The van der Waals surface area contributed by atoms with Crippen molar-refractivity contribution >= 4 is 12.0 Å². The first-order valence-electron chi connectivity index (χ1n) is 5.92. The van der Waals surface area contributed by atoms with Gasteiger partial charge in [-0.15, -0.1) is 0 Å². The van der Waals surface area contributed by atoms with E-state index in [2.05, 4.69) is 0 Å². The first kappa shape index (κ1) is 12.2. The Balaban J connectivity index is 1.89. The number of urea groups is 1. The Labute approximate surface area is 100 Å².